The number of benzene rings is 1. The first-order valence-electron chi connectivity index (χ1n) is 9.82. The highest BCUT2D eigenvalue weighted by molar-refractivity contribution is 5.78. The zero-order valence-electron chi connectivity index (χ0n) is 17.1. The molecule has 1 aromatic carbocycles. The molecule has 0 radical (unpaired) electrons. The number of amides is 2. The molecule has 0 bridgehead atoms. The third-order valence-corrected chi connectivity index (χ3v) is 4.61. The highest BCUT2D eigenvalue weighted by Gasteiger charge is 2.33. The van der Waals surface area contributed by atoms with Crippen LogP contribution in [0.5, 0.6) is 0 Å². The fraction of sp³-hybridized carbons (Fsp3) is 0.600. The molecule has 0 atom stereocenters. The number of alkyl halides is 3. The van der Waals surface area contributed by atoms with Gasteiger partial charge in [0.05, 0.1) is 18.7 Å². The summed E-state index contributed by atoms with van der Waals surface area (Å²) in [6, 6.07) is 2.37. The first kappa shape index (κ1) is 23.9. The van der Waals surface area contributed by atoms with Crippen molar-refractivity contribution in [3.05, 3.63) is 35.1 Å². The second-order valence-electron chi connectivity index (χ2n) is 7.66. The number of hydrogen-bond donors (Lipinski definition) is 1. The summed E-state index contributed by atoms with van der Waals surface area (Å²) in [5.74, 6) is -1.19. The van der Waals surface area contributed by atoms with Crippen molar-refractivity contribution in [2.45, 2.75) is 33.0 Å². The van der Waals surface area contributed by atoms with Crippen LogP contribution in [0.2, 0.25) is 0 Å². The number of nitrogens with zero attached hydrogens (tertiary/aromatic N) is 2. The minimum Gasteiger partial charge on any atom is -0.449 e. The zero-order chi connectivity index (χ0) is 22.3. The van der Waals surface area contributed by atoms with Crippen LogP contribution in [-0.4, -0.2) is 61.1 Å². The molecule has 1 aliphatic heterocycles. The number of rotatable bonds is 6. The number of halogens is 4. The van der Waals surface area contributed by atoms with Crippen molar-refractivity contribution in [2.24, 2.45) is 5.92 Å². The van der Waals surface area contributed by atoms with Gasteiger partial charge in [0.1, 0.15) is 5.82 Å². The summed E-state index contributed by atoms with van der Waals surface area (Å²) in [6.07, 6.45) is -4.44. The Balaban J connectivity index is 1.84. The first-order valence-corrected chi connectivity index (χ1v) is 9.82. The van der Waals surface area contributed by atoms with Crippen LogP contribution >= 0.6 is 0 Å². The van der Waals surface area contributed by atoms with Gasteiger partial charge in [0, 0.05) is 32.7 Å². The maximum Gasteiger partial charge on any atom is 0.416 e. The van der Waals surface area contributed by atoms with Crippen molar-refractivity contribution in [3.63, 3.8) is 0 Å². The van der Waals surface area contributed by atoms with Crippen LogP contribution in [0.25, 0.3) is 0 Å². The monoisotopic (exact) mass is 433 g/mol. The summed E-state index contributed by atoms with van der Waals surface area (Å²) in [5.41, 5.74) is -1.31. The van der Waals surface area contributed by atoms with Gasteiger partial charge in [-0.3, -0.25) is 9.69 Å². The molecular formula is C20H27F4N3O3. The number of carbonyl (C=O) groups excluding carboxylic acids is 2. The van der Waals surface area contributed by atoms with Crippen molar-refractivity contribution < 1.29 is 31.9 Å². The molecule has 1 aromatic rings. The molecule has 1 aliphatic rings. The summed E-state index contributed by atoms with van der Waals surface area (Å²) in [6.45, 7) is 5.82. The van der Waals surface area contributed by atoms with Crippen molar-refractivity contribution >= 4 is 12.0 Å². The lowest BCUT2D eigenvalue weighted by atomic mass is 10.1. The van der Waals surface area contributed by atoms with Gasteiger partial charge in [-0.2, -0.15) is 13.2 Å². The summed E-state index contributed by atoms with van der Waals surface area (Å²) >= 11 is 0. The van der Waals surface area contributed by atoms with E-state index in [9.17, 15) is 27.2 Å². The van der Waals surface area contributed by atoms with Crippen molar-refractivity contribution in [2.75, 3.05) is 39.3 Å². The molecule has 6 nitrogen and oxygen atoms in total. The van der Waals surface area contributed by atoms with Crippen LogP contribution in [-0.2, 0) is 22.3 Å². The van der Waals surface area contributed by atoms with E-state index in [-0.39, 0.29) is 30.7 Å². The van der Waals surface area contributed by atoms with E-state index < -0.39 is 23.5 Å². The standard InChI is InChI=1S/C20H27F4N3O3/c1-14(2)13-30-19(29)27-7-3-6-26(8-9-27)12-18(28)25-11-15-4-5-16(21)10-17(15)20(22,23)24/h4-5,10,14H,3,6-9,11-13H2,1-2H3,(H,25,28). The Labute approximate surface area is 173 Å². The Morgan fingerprint density at radius 1 is 1.17 bits per heavy atom. The lowest BCUT2D eigenvalue weighted by Crippen LogP contribution is -2.40. The lowest BCUT2D eigenvalue weighted by molar-refractivity contribution is -0.138. The molecule has 1 N–H and O–H groups in total. The van der Waals surface area contributed by atoms with Gasteiger partial charge >= 0.3 is 12.3 Å². The van der Waals surface area contributed by atoms with Gasteiger partial charge in [-0.1, -0.05) is 19.9 Å². The Bertz CT molecular complexity index is 740. The molecule has 0 aromatic heterocycles. The molecule has 1 fully saturated rings. The van der Waals surface area contributed by atoms with Gasteiger partial charge in [0.25, 0.3) is 0 Å². The lowest BCUT2D eigenvalue weighted by Gasteiger charge is -2.22. The van der Waals surface area contributed by atoms with E-state index in [0.29, 0.717) is 45.3 Å². The number of ether oxygens (including phenoxy) is 1. The van der Waals surface area contributed by atoms with Gasteiger partial charge in [0.2, 0.25) is 5.91 Å². The van der Waals surface area contributed by atoms with Gasteiger partial charge in [-0.15, -0.1) is 0 Å². The predicted octanol–water partition coefficient (Wildman–Crippen LogP) is 3.26. The topological polar surface area (TPSA) is 61.9 Å². The highest BCUT2D eigenvalue weighted by atomic mass is 19.4. The normalized spacial score (nSPS) is 15.8. The van der Waals surface area contributed by atoms with Crippen molar-refractivity contribution in [1.29, 1.82) is 0 Å². The molecule has 2 amide bonds. The summed E-state index contributed by atoms with van der Waals surface area (Å²) in [4.78, 5) is 27.7. The number of hydrogen-bond acceptors (Lipinski definition) is 4. The van der Waals surface area contributed by atoms with Gasteiger partial charge < -0.3 is 15.0 Å². The minimum atomic E-state index is -4.71. The maximum atomic E-state index is 13.2. The molecule has 0 unspecified atom stereocenters. The van der Waals surface area contributed by atoms with Crippen LogP contribution in [0.4, 0.5) is 22.4 Å². The van der Waals surface area contributed by atoms with E-state index in [4.69, 9.17) is 4.74 Å². The van der Waals surface area contributed by atoms with E-state index in [1.807, 2.05) is 18.7 Å². The smallest absolute Gasteiger partial charge is 0.416 e. The molecular weight excluding hydrogens is 406 g/mol. The summed E-state index contributed by atoms with van der Waals surface area (Å²) in [7, 11) is 0. The van der Waals surface area contributed by atoms with Crippen molar-refractivity contribution in [1.82, 2.24) is 15.1 Å². The second-order valence-corrected chi connectivity index (χ2v) is 7.66. The second kappa shape index (κ2) is 10.6. The van der Waals surface area contributed by atoms with Crippen LogP contribution in [0.15, 0.2) is 18.2 Å². The third kappa shape index (κ3) is 7.47. The van der Waals surface area contributed by atoms with E-state index in [2.05, 4.69) is 5.32 Å². The fourth-order valence-electron chi connectivity index (χ4n) is 3.06. The maximum absolute atomic E-state index is 13.2. The van der Waals surface area contributed by atoms with Crippen molar-refractivity contribution in [3.8, 4) is 0 Å². The molecule has 0 saturated carbocycles. The van der Waals surface area contributed by atoms with E-state index in [1.54, 1.807) is 4.90 Å². The average Bonchev–Trinajstić information content (AvgIpc) is 2.90. The van der Waals surface area contributed by atoms with Gasteiger partial charge in [-0.25, -0.2) is 9.18 Å². The molecule has 10 heteroatoms. The van der Waals surface area contributed by atoms with E-state index >= 15 is 0 Å². The fourth-order valence-corrected chi connectivity index (χ4v) is 3.06. The van der Waals surface area contributed by atoms with E-state index in [1.165, 1.54) is 0 Å². The molecule has 1 saturated heterocycles. The zero-order valence-corrected chi connectivity index (χ0v) is 17.1. The molecule has 30 heavy (non-hydrogen) atoms. The third-order valence-electron chi connectivity index (χ3n) is 4.61. The Morgan fingerprint density at radius 2 is 1.90 bits per heavy atom. The number of nitrogens with one attached hydrogen (secondary N) is 1. The summed E-state index contributed by atoms with van der Waals surface area (Å²) in [5, 5.41) is 2.46. The Hall–Kier alpha value is -2.36. The quantitative estimate of drug-likeness (QED) is 0.700. The molecule has 0 aliphatic carbocycles. The van der Waals surface area contributed by atoms with Crippen LogP contribution in [0, 0.1) is 11.7 Å². The van der Waals surface area contributed by atoms with E-state index in [0.717, 1.165) is 12.1 Å². The average molecular weight is 433 g/mol. The molecule has 0 spiro atoms. The Kier molecular flexibility index (Phi) is 8.45. The molecule has 2 rings (SSSR count). The predicted molar refractivity (Wildman–Crippen MR) is 102 cm³/mol. The van der Waals surface area contributed by atoms with Crippen LogP contribution in [0.1, 0.15) is 31.4 Å². The number of carbonyl (C=O) groups is 2. The van der Waals surface area contributed by atoms with Crippen LogP contribution in [0.3, 0.4) is 0 Å². The van der Waals surface area contributed by atoms with Gasteiger partial charge in [-0.05, 0) is 30.0 Å². The first-order chi connectivity index (χ1) is 14.1. The minimum absolute atomic E-state index is 0.00255. The SMILES string of the molecule is CC(C)COC(=O)N1CCCN(CC(=O)NCc2ccc(F)cc2C(F)(F)F)CC1. The largest absolute Gasteiger partial charge is 0.449 e. The summed E-state index contributed by atoms with van der Waals surface area (Å²) < 4.78 is 57.5. The van der Waals surface area contributed by atoms with Crippen LogP contribution < -0.4 is 5.32 Å². The highest BCUT2D eigenvalue weighted by Crippen LogP contribution is 2.32. The molecule has 168 valence electrons. The van der Waals surface area contributed by atoms with Gasteiger partial charge in [0.15, 0.2) is 0 Å². The molecule has 1 heterocycles. The Morgan fingerprint density at radius 3 is 2.57 bits per heavy atom.